The predicted molar refractivity (Wildman–Crippen MR) is 90.8 cm³/mol. The first-order chi connectivity index (χ1) is 11.3. The Labute approximate surface area is 142 Å². The van der Waals surface area contributed by atoms with Gasteiger partial charge >= 0.3 is 6.09 Å². The van der Waals surface area contributed by atoms with Crippen molar-refractivity contribution in [2.24, 2.45) is 0 Å². The first kappa shape index (κ1) is 18.0. The van der Waals surface area contributed by atoms with Crippen molar-refractivity contribution in [1.82, 2.24) is 4.90 Å². The second-order valence-corrected chi connectivity index (χ2v) is 6.82. The van der Waals surface area contributed by atoms with E-state index in [2.05, 4.69) is 0 Å². The molecule has 0 atom stereocenters. The van der Waals surface area contributed by atoms with E-state index in [1.807, 2.05) is 6.07 Å². The minimum Gasteiger partial charge on any atom is -0.443 e. The molecular weight excluding hydrogens is 308 g/mol. The van der Waals surface area contributed by atoms with Crippen LogP contribution in [-0.4, -0.2) is 47.9 Å². The number of para-hydroxylation sites is 1. The van der Waals surface area contributed by atoms with Crippen LogP contribution in [-0.2, 0) is 14.3 Å². The number of piperidine rings is 1. The number of Topliss-reactive ketones (excluding diaryl/α,β-unsaturated/α-hetero) is 1. The normalized spacial score (nSPS) is 15.1. The van der Waals surface area contributed by atoms with Gasteiger partial charge in [0.15, 0.2) is 0 Å². The first-order valence-electron chi connectivity index (χ1n) is 8.11. The molecule has 0 unspecified atom stereocenters. The molecule has 1 aliphatic heterocycles. The Morgan fingerprint density at radius 2 is 1.71 bits per heavy atom. The molecule has 24 heavy (non-hydrogen) atoms. The fourth-order valence-electron chi connectivity index (χ4n) is 2.43. The number of hydrogen-bond acceptors (Lipinski definition) is 4. The van der Waals surface area contributed by atoms with Crippen LogP contribution in [0.3, 0.4) is 0 Å². The molecule has 0 bridgehead atoms. The number of amides is 2. The Morgan fingerprint density at radius 3 is 2.25 bits per heavy atom. The van der Waals surface area contributed by atoms with Crippen LogP contribution in [0.25, 0.3) is 0 Å². The van der Waals surface area contributed by atoms with Crippen molar-refractivity contribution in [3.63, 3.8) is 0 Å². The van der Waals surface area contributed by atoms with Crippen LogP contribution >= 0.6 is 0 Å². The van der Waals surface area contributed by atoms with Gasteiger partial charge in [0.25, 0.3) is 0 Å². The van der Waals surface area contributed by atoms with Crippen LogP contribution in [0, 0.1) is 0 Å². The van der Waals surface area contributed by atoms with E-state index in [0.29, 0.717) is 31.6 Å². The molecule has 2 rings (SSSR count). The Balaban J connectivity index is 2.12. The molecule has 0 saturated carbocycles. The summed E-state index contributed by atoms with van der Waals surface area (Å²) >= 11 is 0. The zero-order chi connectivity index (χ0) is 17.7. The van der Waals surface area contributed by atoms with Crippen molar-refractivity contribution >= 4 is 23.5 Å². The Kier molecular flexibility index (Phi) is 5.59. The van der Waals surface area contributed by atoms with Crippen molar-refractivity contribution < 1.29 is 19.1 Å². The summed E-state index contributed by atoms with van der Waals surface area (Å²) in [6.07, 6.45) is 0.197. The van der Waals surface area contributed by atoms with Crippen LogP contribution in [0.4, 0.5) is 10.5 Å². The molecule has 1 aromatic rings. The molecular formula is C18H24N2O4. The van der Waals surface area contributed by atoms with Gasteiger partial charge in [-0.05, 0) is 32.9 Å². The van der Waals surface area contributed by atoms with E-state index in [-0.39, 0.29) is 18.2 Å². The summed E-state index contributed by atoms with van der Waals surface area (Å²) in [5.74, 6) is -0.0108. The molecule has 0 aromatic heterocycles. The highest BCUT2D eigenvalue weighted by Crippen LogP contribution is 2.18. The third-order valence-electron chi connectivity index (χ3n) is 3.65. The van der Waals surface area contributed by atoms with Gasteiger partial charge in [0, 0.05) is 31.6 Å². The summed E-state index contributed by atoms with van der Waals surface area (Å²) in [6, 6.07) is 8.97. The third-order valence-corrected chi connectivity index (χ3v) is 3.65. The second-order valence-electron chi connectivity index (χ2n) is 6.82. The van der Waals surface area contributed by atoms with Gasteiger partial charge in [0.1, 0.15) is 17.9 Å². The minimum atomic E-state index is -0.648. The van der Waals surface area contributed by atoms with Gasteiger partial charge in [0.05, 0.1) is 0 Å². The van der Waals surface area contributed by atoms with Gasteiger partial charge in [-0.1, -0.05) is 18.2 Å². The number of ketones is 1. The molecule has 1 heterocycles. The van der Waals surface area contributed by atoms with Gasteiger partial charge < -0.3 is 9.64 Å². The lowest BCUT2D eigenvalue weighted by Gasteiger charge is -2.31. The smallest absolute Gasteiger partial charge is 0.415 e. The number of hydrogen-bond donors (Lipinski definition) is 0. The van der Waals surface area contributed by atoms with Crippen molar-refractivity contribution in [3.05, 3.63) is 30.3 Å². The maximum atomic E-state index is 12.5. The molecule has 0 spiro atoms. The van der Waals surface area contributed by atoms with Gasteiger partial charge in [-0.2, -0.15) is 0 Å². The summed E-state index contributed by atoms with van der Waals surface area (Å²) in [7, 11) is 0. The fourth-order valence-corrected chi connectivity index (χ4v) is 2.43. The molecule has 1 aromatic carbocycles. The number of benzene rings is 1. The molecule has 0 aliphatic carbocycles. The maximum Gasteiger partial charge on any atom is 0.415 e. The number of likely N-dealkylation sites (tertiary alicyclic amines) is 1. The molecule has 1 aliphatic rings. The monoisotopic (exact) mass is 332 g/mol. The van der Waals surface area contributed by atoms with E-state index in [4.69, 9.17) is 4.74 Å². The van der Waals surface area contributed by atoms with Crippen molar-refractivity contribution in [2.45, 2.75) is 39.2 Å². The molecule has 2 amide bonds. The Bertz CT molecular complexity index is 597. The number of anilines is 1. The molecule has 0 N–H and O–H groups in total. The van der Waals surface area contributed by atoms with Crippen LogP contribution in [0.2, 0.25) is 0 Å². The zero-order valence-electron chi connectivity index (χ0n) is 14.4. The highest BCUT2D eigenvalue weighted by atomic mass is 16.6. The molecule has 1 saturated heterocycles. The van der Waals surface area contributed by atoms with E-state index in [9.17, 15) is 14.4 Å². The van der Waals surface area contributed by atoms with Crippen molar-refractivity contribution in [3.8, 4) is 0 Å². The van der Waals surface area contributed by atoms with Gasteiger partial charge in [-0.15, -0.1) is 0 Å². The quantitative estimate of drug-likeness (QED) is 0.853. The third kappa shape index (κ3) is 5.08. The number of nitrogens with zero attached hydrogens (tertiary/aromatic N) is 2. The van der Waals surface area contributed by atoms with Crippen LogP contribution in [0.1, 0.15) is 33.6 Å². The fraction of sp³-hybridized carbons (Fsp3) is 0.500. The standard InChI is InChI=1S/C18H24N2O4/c1-18(2,3)24-17(23)20(14-7-5-4-6-8-14)13-16(22)19-11-9-15(21)10-12-19/h4-8H,9-13H2,1-3H3. The van der Waals surface area contributed by atoms with E-state index in [1.165, 1.54) is 4.90 Å². The topological polar surface area (TPSA) is 66.9 Å². The second kappa shape index (κ2) is 7.47. The molecule has 0 radical (unpaired) electrons. The number of carbonyl (C=O) groups excluding carboxylic acids is 3. The molecule has 1 fully saturated rings. The van der Waals surface area contributed by atoms with Gasteiger partial charge in [0.2, 0.25) is 5.91 Å². The van der Waals surface area contributed by atoms with Crippen molar-refractivity contribution in [2.75, 3.05) is 24.5 Å². The first-order valence-corrected chi connectivity index (χ1v) is 8.11. The summed E-state index contributed by atoms with van der Waals surface area (Å²) in [5, 5.41) is 0. The van der Waals surface area contributed by atoms with Gasteiger partial charge in [-0.3, -0.25) is 14.5 Å². The van der Waals surface area contributed by atoms with Crippen LogP contribution in [0.5, 0.6) is 0 Å². The van der Waals surface area contributed by atoms with E-state index >= 15 is 0 Å². The highest BCUT2D eigenvalue weighted by molar-refractivity contribution is 5.95. The highest BCUT2D eigenvalue weighted by Gasteiger charge is 2.28. The summed E-state index contributed by atoms with van der Waals surface area (Å²) in [5.41, 5.74) is -0.0433. The minimum absolute atomic E-state index is 0.104. The average Bonchev–Trinajstić information content (AvgIpc) is 2.52. The number of ether oxygens (including phenoxy) is 1. The largest absolute Gasteiger partial charge is 0.443 e. The maximum absolute atomic E-state index is 12.5. The van der Waals surface area contributed by atoms with E-state index in [1.54, 1.807) is 49.9 Å². The average molecular weight is 332 g/mol. The van der Waals surface area contributed by atoms with Crippen LogP contribution in [0.15, 0.2) is 30.3 Å². The Morgan fingerprint density at radius 1 is 1.12 bits per heavy atom. The molecule has 6 nitrogen and oxygen atoms in total. The van der Waals surface area contributed by atoms with E-state index < -0.39 is 11.7 Å². The zero-order valence-corrected chi connectivity index (χ0v) is 14.4. The number of carbonyl (C=O) groups is 3. The lowest BCUT2D eigenvalue weighted by Crippen LogP contribution is -2.47. The summed E-state index contributed by atoms with van der Waals surface area (Å²) in [4.78, 5) is 39.3. The van der Waals surface area contributed by atoms with Gasteiger partial charge in [-0.25, -0.2) is 4.79 Å². The Hall–Kier alpha value is -2.37. The lowest BCUT2D eigenvalue weighted by molar-refractivity contribution is -0.133. The molecule has 130 valence electrons. The lowest BCUT2D eigenvalue weighted by atomic mass is 10.1. The van der Waals surface area contributed by atoms with Crippen molar-refractivity contribution in [1.29, 1.82) is 0 Å². The van der Waals surface area contributed by atoms with E-state index in [0.717, 1.165) is 0 Å². The summed E-state index contributed by atoms with van der Waals surface area (Å²) in [6.45, 7) is 6.07. The van der Waals surface area contributed by atoms with Crippen LogP contribution < -0.4 is 4.90 Å². The predicted octanol–water partition coefficient (Wildman–Crippen LogP) is 2.62. The number of rotatable bonds is 3. The summed E-state index contributed by atoms with van der Waals surface area (Å²) < 4.78 is 5.42. The molecule has 6 heteroatoms. The SMILES string of the molecule is CC(C)(C)OC(=O)N(CC(=O)N1CCC(=O)CC1)c1ccccc1.